The molecule has 0 spiro atoms. The molecule has 0 radical (unpaired) electrons. The molecule has 2 aromatic carbocycles. The molecule has 9 heteroatoms. The minimum absolute atomic E-state index is 0.0285. The number of aliphatic hydroxyl groups excluding tert-OH is 1. The predicted octanol–water partition coefficient (Wildman–Crippen LogP) is 3.61. The third-order valence-corrected chi connectivity index (χ3v) is 5.71. The van der Waals surface area contributed by atoms with Crippen molar-refractivity contribution in [3.8, 4) is 0 Å². The number of aliphatic hydroxyl groups is 1. The summed E-state index contributed by atoms with van der Waals surface area (Å²) in [5, 5.41) is 27.3. The van der Waals surface area contributed by atoms with Crippen molar-refractivity contribution in [3.05, 3.63) is 88.4 Å². The van der Waals surface area contributed by atoms with Crippen molar-refractivity contribution in [1.29, 1.82) is 0 Å². The SMILES string of the molecule is O=C(O)N[C@@H](Cc1ccccc1)C[C@H](O)[C@H](Cc1ccccc1)NC(=O)OCc1cscn1. The monoisotopic (exact) mass is 469 g/mol. The Hall–Kier alpha value is -3.43. The Morgan fingerprint density at radius 1 is 0.970 bits per heavy atom. The van der Waals surface area contributed by atoms with Gasteiger partial charge >= 0.3 is 12.2 Å². The second-order valence-corrected chi connectivity index (χ2v) is 8.35. The topological polar surface area (TPSA) is 121 Å². The first-order chi connectivity index (χ1) is 16.0. The first-order valence-electron chi connectivity index (χ1n) is 10.6. The molecule has 0 unspecified atom stereocenters. The van der Waals surface area contributed by atoms with Crippen molar-refractivity contribution in [2.45, 2.75) is 44.1 Å². The molecule has 0 fully saturated rings. The van der Waals surface area contributed by atoms with Crippen LogP contribution >= 0.6 is 11.3 Å². The van der Waals surface area contributed by atoms with Gasteiger partial charge in [-0.3, -0.25) is 0 Å². The predicted molar refractivity (Wildman–Crippen MR) is 125 cm³/mol. The summed E-state index contributed by atoms with van der Waals surface area (Å²) in [6.07, 6.45) is -1.97. The van der Waals surface area contributed by atoms with Crippen molar-refractivity contribution >= 4 is 23.5 Å². The number of aromatic nitrogens is 1. The van der Waals surface area contributed by atoms with Crippen LogP contribution in [0.1, 0.15) is 23.2 Å². The molecule has 4 N–H and O–H groups in total. The first kappa shape index (κ1) is 24.2. The number of nitrogens with zero attached hydrogens (tertiary/aromatic N) is 1. The number of ether oxygens (including phenoxy) is 1. The van der Waals surface area contributed by atoms with Gasteiger partial charge in [-0.25, -0.2) is 14.6 Å². The summed E-state index contributed by atoms with van der Waals surface area (Å²) < 4.78 is 5.24. The summed E-state index contributed by atoms with van der Waals surface area (Å²) in [5.41, 5.74) is 4.16. The lowest BCUT2D eigenvalue weighted by atomic mass is 9.94. The van der Waals surface area contributed by atoms with E-state index < -0.39 is 30.4 Å². The molecular weight excluding hydrogens is 442 g/mol. The van der Waals surface area contributed by atoms with Gasteiger partial charge in [-0.05, 0) is 30.4 Å². The lowest BCUT2D eigenvalue weighted by Gasteiger charge is -2.27. The molecule has 2 amide bonds. The molecular formula is C24H27N3O5S. The zero-order chi connectivity index (χ0) is 23.5. The van der Waals surface area contributed by atoms with Gasteiger partial charge in [0.25, 0.3) is 0 Å². The normalized spacial score (nSPS) is 13.5. The number of thiazole rings is 1. The van der Waals surface area contributed by atoms with Crippen molar-refractivity contribution < 1.29 is 24.5 Å². The highest BCUT2D eigenvalue weighted by molar-refractivity contribution is 7.07. The van der Waals surface area contributed by atoms with Crippen LogP contribution in [0.15, 0.2) is 71.6 Å². The highest BCUT2D eigenvalue weighted by Gasteiger charge is 2.26. The third kappa shape index (κ3) is 8.55. The Balaban J connectivity index is 1.67. The van der Waals surface area contributed by atoms with E-state index in [0.717, 1.165) is 11.1 Å². The van der Waals surface area contributed by atoms with Crippen LogP contribution in [0.5, 0.6) is 0 Å². The number of alkyl carbamates (subject to hydrolysis) is 1. The smallest absolute Gasteiger partial charge is 0.407 e. The Bertz CT molecular complexity index is 986. The summed E-state index contributed by atoms with van der Waals surface area (Å²) in [6, 6.07) is 17.7. The van der Waals surface area contributed by atoms with E-state index in [1.807, 2.05) is 60.7 Å². The largest absolute Gasteiger partial charge is 0.465 e. The lowest BCUT2D eigenvalue weighted by molar-refractivity contribution is 0.0884. The molecule has 1 aromatic heterocycles. The van der Waals surface area contributed by atoms with Crippen LogP contribution in [0.25, 0.3) is 0 Å². The van der Waals surface area contributed by atoms with Crippen LogP contribution in [0.4, 0.5) is 9.59 Å². The minimum atomic E-state index is -1.17. The summed E-state index contributed by atoms with van der Waals surface area (Å²) in [6.45, 7) is 0.0285. The number of benzene rings is 2. The molecule has 3 aromatic rings. The average molecular weight is 470 g/mol. The van der Waals surface area contributed by atoms with Crippen LogP contribution in [0, 0.1) is 0 Å². The molecule has 3 atom stereocenters. The van der Waals surface area contributed by atoms with Gasteiger partial charge in [-0.1, -0.05) is 60.7 Å². The van der Waals surface area contributed by atoms with Gasteiger partial charge in [-0.2, -0.15) is 0 Å². The number of carboxylic acid groups (broad SMARTS) is 1. The van der Waals surface area contributed by atoms with Gasteiger partial charge in [0.2, 0.25) is 0 Å². The van der Waals surface area contributed by atoms with Gasteiger partial charge in [-0.15, -0.1) is 11.3 Å². The maximum Gasteiger partial charge on any atom is 0.407 e. The molecule has 0 aliphatic carbocycles. The number of hydrogen-bond donors (Lipinski definition) is 4. The number of amides is 2. The summed E-state index contributed by atoms with van der Waals surface area (Å²) >= 11 is 1.41. The summed E-state index contributed by atoms with van der Waals surface area (Å²) in [7, 11) is 0. The highest BCUT2D eigenvalue weighted by Crippen LogP contribution is 2.14. The second-order valence-electron chi connectivity index (χ2n) is 7.64. The number of carbonyl (C=O) groups excluding carboxylic acids is 1. The molecule has 33 heavy (non-hydrogen) atoms. The summed E-state index contributed by atoms with van der Waals surface area (Å²) in [4.78, 5) is 27.8. The first-order valence-corrected chi connectivity index (χ1v) is 11.5. The molecule has 0 bridgehead atoms. The van der Waals surface area contributed by atoms with Crippen LogP contribution < -0.4 is 10.6 Å². The van der Waals surface area contributed by atoms with E-state index in [1.54, 1.807) is 10.9 Å². The van der Waals surface area contributed by atoms with Crippen molar-refractivity contribution in [3.63, 3.8) is 0 Å². The molecule has 0 aliphatic heterocycles. The number of hydrogen-bond acceptors (Lipinski definition) is 6. The fourth-order valence-corrected chi connectivity index (χ4v) is 4.06. The Labute approximate surface area is 196 Å². The van der Waals surface area contributed by atoms with E-state index in [4.69, 9.17) is 4.74 Å². The number of nitrogens with one attached hydrogen (secondary N) is 2. The molecule has 3 rings (SSSR count). The van der Waals surface area contributed by atoms with E-state index in [2.05, 4.69) is 15.6 Å². The van der Waals surface area contributed by atoms with Crippen molar-refractivity contribution in [2.24, 2.45) is 0 Å². The summed E-state index contributed by atoms with van der Waals surface area (Å²) in [5.74, 6) is 0. The van der Waals surface area contributed by atoms with Crippen molar-refractivity contribution in [2.75, 3.05) is 0 Å². The fourth-order valence-electron chi connectivity index (χ4n) is 3.51. The minimum Gasteiger partial charge on any atom is -0.465 e. The Kier molecular flexibility index (Phi) is 9.22. The fraction of sp³-hybridized carbons (Fsp3) is 0.292. The van der Waals surface area contributed by atoms with Gasteiger partial charge in [0.15, 0.2) is 0 Å². The van der Waals surface area contributed by atoms with Gasteiger partial charge in [0.1, 0.15) is 6.61 Å². The van der Waals surface area contributed by atoms with Crippen LogP contribution in [-0.2, 0) is 24.2 Å². The van der Waals surface area contributed by atoms with E-state index in [1.165, 1.54) is 11.3 Å². The Morgan fingerprint density at radius 3 is 2.18 bits per heavy atom. The maximum atomic E-state index is 12.4. The van der Waals surface area contributed by atoms with E-state index in [-0.39, 0.29) is 13.0 Å². The third-order valence-electron chi connectivity index (χ3n) is 5.08. The number of carbonyl (C=O) groups is 2. The molecule has 0 saturated heterocycles. The van der Waals surface area contributed by atoms with Gasteiger partial charge in [0.05, 0.1) is 23.4 Å². The molecule has 0 saturated carbocycles. The standard InChI is InChI=1S/C24H27N3O5S/c28-22(13-19(26-23(29)30)11-17-7-3-1-4-8-17)21(12-18-9-5-2-6-10-18)27-24(31)32-14-20-15-33-16-25-20/h1-10,15-16,19,21-22,26,28H,11-14H2,(H,27,31)(H,29,30)/t19-,21-,22-/m0/s1. The highest BCUT2D eigenvalue weighted by atomic mass is 32.1. The molecule has 174 valence electrons. The van der Waals surface area contributed by atoms with Gasteiger partial charge in [0, 0.05) is 11.4 Å². The second kappa shape index (κ2) is 12.6. The zero-order valence-corrected chi connectivity index (χ0v) is 18.8. The quantitative estimate of drug-likeness (QED) is 0.340. The van der Waals surface area contributed by atoms with Crippen LogP contribution in [0.2, 0.25) is 0 Å². The van der Waals surface area contributed by atoms with Crippen molar-refractivity contribution in [1.82, 2.24) is 15.6 Å². The lowest BCUT2D eigenvalue weighted by Crippen LogP contribution is -2.48. The molecule has 0 aliphatic rings. The van der Waals surface area contributed by atoms with E-state index in [9.17, 15) is 19.8 Å². The van der Waals surface area contributed by atoms with E-state index >= 15 is 0 Å². The zero-order valence-electron chi connectivity index (χ0n) is 18.0. The van der Waals surface area contributed by atoms with Gasteiger partial charge < -0.3 is 25.6 Å². The van der Waals surface area contributed by atoms with Crippen LogP contribution in [-0.4, -0.2) is 45.6 Å². The molecule has 8 nitrogen and oxygen atoms in total. The van der Waals surface area contributed by atoms with Crippen LogP contribution in [0.3, 0.4) is 0 Å². The number of rotatable bonds is 11. The molecule has 1 heterocycles. The average Bonchev–Trinajstić information content (AvgIpc) is 3.32. The van der Waals surface area contributed by atoms with E-state index in [0.29, 0.717) is 18.5 Å². The Morgan fingerprint density at radius 2 is 1.61 bits per heavy atom. The maximum absolute atomic E-state index is 12.4.